The van der Waals surface area contributed by atoms with Gasteiger partial charge in [0.25, 0.3) is 0 Å². The molecule has 0 aliphatic carbocycles. The molecule has 0 saturated heterocycles. The monoisotopic (exact) mass is 323 g/mol. The van der Waals surface area contributed by atoms with Gasteiger partial charge in [0.2, 0.25) is 0 Å². The fraction of sp³-hybridized carbons (Fsp3) is 0.250. The molecule has 0 atom stereocenters. The number of rotatable bonds is 5. The number of H-pyrrole nitrogens is 1. The highest BCUT2D eigenvalue weighted by atomic mass is 16.5. The molecule has 0 spiro atoms. The van der Waals surface area contributed by atoms with E-state index in [0.717, 1.165) is 44.6 Å². The summed E-state index contributed by atoms with van der Waals surface area (Å²) in [6, 6.07) is 11.9. The van der Waals surface area contributed by atoms with Crippen LogP contribution in [0.5, 0.6) is 5.75 Å². The SMILES string of the molecule is CCOc1cccc(-c2[nH]c3c(C)ccc(C)c3c2CC(=O)O)c1. The molecule has 0 radical (unpaired) electrons. The molecule has 0 bridgehead atoms. The Labute approximate surface area is 141 Å². The summed E-state index contributed by atoms with van der Waals surface area (Å²) in [6.45, 7) is 6.58. The van der Waals surface area contributed by atoms with Crippen LogP contribution in [0.25, 0.3) is 22.2 Å². The Morgan fingerprint density at radius 2 is 1.92 bits per heavy atom. The van der Waals surface area contributed by atoms with Crippen molar-refractivity contribution in [1.29, 1.82) is 0 Å². The summed E-state index contributed by atoms with van der Waals surface area (Å²) in [7, 11) is 0. The molecule has 0 saturated carbocycles. The molecule has 2 N–H and O–H groups in total. The maximum Gasteiger partial charge on any atom is 0.307 e. The van der Waals surface area contributed by atoms with E-state index < -0.39 is 5.97 Å². The van der Waals surface area contributed by atoms with Crippen molar-refractivity contribution in [1.82, 2.24) is 4.98 Å². The number of fused-ring (bicyclic) bond motifs is 1. The highest BCUT2D eigenvalue weighted by Gasteiger charge is 2.18. The maximum absolute atomic E-state index is 11.4. The molecule has 4 heteroatoms. The summed E-state index contributed by atoms with van der Waals surface area (Å²) in [5.41, 5.74) is 5.80. The normalized spacial score (nSPS) is 11.0. The average Bonchev–Trinajstić information content (AvgIpc) is 2.92. The lowest BCUT2D eigenvalue weighted by molar-refractivity contribution is -0.136. The highest BCUT2D eigenvalue weighted by Crippen LogP contribution is 2.35. The second-order valence-electron chi connectivity index (χ2n) is 5.96. The van der Waals surface area contributed by atoms with Gasteiger partial charge in [-0.15, -0.1) is 0 Å². The van der Waals surface area contributed by atoms with Gasteiger partial charge in [0.15, 0.2) is 0 Å². The largest absolute Gasteiger partial charge is 0.494 e. The molecule has 24 heavy (non-hydrogen) atoms. The Bertz CT molecular complexity index is 909. The van der Waals surface area contributed by atoms with E-state index in [1.807, 2.05) is 51.1 Å². The van der Waals surface area contributed by atoms with E-state index in [9.17, 15) is 9.90 Å². The molecule has 0 unspecified atom stereocenters. The van der Waals surface area contributed by atoms with Gasteiger partial charge in [-0.25, -0.2) is 0 Å². The van der Waals surface area contributed by atoms with Crippen molar-refractivity contribution < 1.29 is 14.6 Å². The Hall–Kier alpha value is -2.75. The van der Waals surface area contributed by atoms with Gasteiger partial charge in [-0.2, -0.15) is 0 Å². The molecular formula is C20H21NO3. The lowest BCUT2D eigenvalue weighted by Crippen LogP contribution is -2.01. The number of aliphatic carboxylic acids is 1. The summed E-state index contributed by atoms with van der Waals surface area (Å²) in [5.74, 6) is -0.0533. The van der Waals surface area contributed by atoms with Gasteiger partial charge in [0, 0.05) is 16.5 Å². The highest BCUT2D eigenvalue weighted by molar-refractivity contribution is 5.97. The number of benzene rings is 2. The molecule has 0 aliphatic rings. The second-order valence-corrected chi connectivity index (χ2v) is 5.96. The zero-order valence-corrected chi connectivity index (χ0v) is 14.1. The number of hydrogen-bond acceptors (Lipinski definition) is 2. The molecule has 3 rings (SSSR count). The van der Waals surface area contributed by atoms with Crippen LogP contribution in [0.3, 0.4) is 0 Å². The Morgan fingerprint density at radius 3 is 2.62 bits per heavy atom. The molecule has 4 nitrogen and oxygen atoms in total. The lowest BCUT2D eigenvalue weighted by Gasteiger charge is -2.07. The van der Waals surface area contributed by atoms with Gasteiger partial charge in [-0.3, -0.25) is 4.79 Å². The van der Waals surface area contributed by atoms with E-state index in [-0.39, 0.29) is 6.42 Å². The van der Waals surface area contributed by atoms with Crippen LogP contribution in [0.15, 0.2) is 36.4 Å². The predicted octanol–water partition coefficient (Wildman–Crippen LogP) is 4.48. The van der Waals surface area contributed by atoms with Crippen molar-refractivity contribution in [2.24, 2.45) is 0 Å². The summed E-state index contributed by atoms with van der Waals surface area (Å²) in [6.07, 6.45) is -0.0154. The molecule has 2 aromatic carbocycles. The fourth-order valence-electron chi connectivity index (χ4n) is 3.17. The number of nitrogens with one attached hydrogen (secondary N) is 1. The minimum Gasteiger partial charge on any atom is -0.494 e. The number of hydrogen-bond donors (Lipinski definition) is 2. The van der Waals surface area contributed by atoms with Gasteiger partial charge in [0.1, 0.15) is 5.75 Å². The minimum atomic E-state index is -0.834. The zero-order chi connectivity index (χ0) is 17.3. The standard InChI is InChI=1S/C20H21NO3/c1-4-24-15-7-5-6-14(10-15)20-16(11-17(22)23)18-12(2)8-9-13(3)19(18)21-20/h5-10,21H,4,11H2,1-3H3,(H,22,23). The van der Waals surface area contributed by atoms with Crippen LogP contribution in [0.1, 0.15) is 23.6 Å². The summed E-state index contributed by atoms with van der Waals surface area (Å²) >= 11 is 0. The van der Waals surface area contributed by atoms with Crippen LogP contribution in [0.2, 0.25) is 0 Å². The number of ether oxygens (including phenoxy) is 1. The van der Waals surface area contributed by atoms with Gasteiger partial charge in [-0.1, -0.05) is 24.3 Å². The first kappa shape index (κ1) is 16.1. The first-order valence-electron chi connectivity index (χ1n) is 8.07. The first-order valence-corrected chi connectivity index (χ1v) is 8.07. The number of aromatic amines is 1. The fourth-order valence-corrected chi connectivity index (χ4v) is 3.17. The van der Waals surface area contributed by atoms with Crippen LogP contribution in [0, 0.1) is 13.8 Å². The number of carboxylic acid groups (broad SMARTS) is 1. The zero-order valence-electron chi connectivity index (χ0n) is 14.1. The Kier molecular flexibility index (Phi) is 4.30. The van der Waals surface area contributed by atoms with E-state index >= 15 is 0 Å². The van der Waals surface area contributed by atoms with Crippen molar-refractivity contribution in [3.63, 3.8) is 0 Å². The molecule has 0 fully saturated rings. The number of carbonyl (C=O) groups is 1. The molecule has 3 aromatic rings. The van der Waals surface area contributed by atoms with Gasteiger partial charge in [-0.05, 0) is 49.6 Å². The molecule has 0 aliphatic heterocycles. The maximum atomic E-state index is 11.4. The Balaban J connectivity index is 2.27. The van der Waals surface area contributed by atoms with E-state index in [1.165, 1.54) is 0 Å². The van der Waals surface area contributed by atoms with Crippen molar-refractivity contribution in [2.45, 2.75) is 27.2 Å². The second kappa shape index (κ2) is 6.40. The number of carboxylic acids is 1. The van der Waals surface area contributed by atoms with Crippen molar-refractivity contribution >= 4 is 16.9 Å². The summed E-state index contributed by atoms with van der Waals surface area (Å²) in [4.78, 5) is 14.9. The number of aromatic nitrogens is 1. The minimum absolute atomic E-state index is 0.0154. The quantitative estimate of drug-likeness (QED) is 0.728. The molecule has 1 heterocycles. The topological polar surface area (TPSA) is 62.3 Å². The smallest absolute Gasteiger partial charge is 0.307 e. The van der Waals surface area contributed by atoms with Crippen LogP contribution in [0.4, 0.5) is 0 Å². The van der Waals surface area contributed by atoms with Crippen molar-refractivity contribution in [2.75, 3.05) is 6.61 Å². The van der Waals surface area contributed by atoms with Crippen LogP contribution in [-0.4, -0.2) is 22.7 Å². The Morgan fingerprint density at radius 1 is 1.17 bits per heavy atom. The van der Waals surface area contributed by atoms with E-state index in [4.69, 9.17) is 4.74 Å². The molecule has 124 valence electrons. The van der Waals surface area contributed by atoms with Crippen molar-refractivity contribution in [3.8, 4) is 17.0 Å². The van der Waals surface area contributed by atoms with Crippen LogP contribution >= 0.6 is 0 Å². The van der Waals surface area contributed by atoms with E-state index in [0.29, 0.717) is 6.61 Å². The van der Waals surface area contributed by atoms with Crippen molar-refractivity contribution in [3.05, 3.63) is 53.1 Å². The third-order valence-corrected chi connectivity index (χ3v) is 4.24. The molecule has 0 amide bonds. The average molecular weight is 323 g/mol. The van der Waals surface area contributed by atoms with E-state index in [2.05, 4.69) is 11.1 Å². The molecule has 1 aromatic heterocycles. The first-order chi connectivity index (χ1) is 11.5. The van der Waals surface area contributed by atoms with Crippen LogP contribution in [-0.2, 0) is 11.2 Å². The van der Waals surface area contributed by atoms with Crippen LogP contribution < -0.4 is 4.74 Å². The number of aryl methyl sites for hydroxylation is 2. The summed E-state index contributed by atoms with van der Waals surface area (Å²) < 4.78 is 5.58. The third kappa shape index (κ3) is 2.87. The van der Waals surface area contributed by atoms with E-state index in [1.54, 1.807) is 0 Å². The van der Waals surface area contributed by atoms with Gasteiger partial charge >= 0.3 is 5.97 Å². The lowest BCUT2D eigenvalue weighted by atomic mass is 9.98. The third-order valence-electron chi connectivity index (χ3n) is 4.24. The van der Waals surface area contributed by atoms with Gasteiger partial charge in [0.05, 0.1) is 18.7 Å². The molecular weight excluding hydrogens is 302 g/mol. The summed E-state index contributed by atoms with van der Waals surface area (Å²) in [5, 5.41) is 10.4. The van der Waals surface area contributed by atoms with Gasteiger partial charge < -0.3 is 14.8 Å². The predicted molar refractivity (Wildman–Crippen MR) is 95.7 cm³/mol.